The van der Waals surface area contributed by atoms with Crippen LogP contribution in [0, 0.1) is 16.2 Å². The second-order valence-corrected chi connectivity index (χ2v) is 8.64. The van der Waals surface area contributed by atoms with E-state index in [9.17, 15) is 4.79 Å². The van der Waals surface area contributed by atoms with Gasteiger partial charge in [0.1, 0.15) is 0 Å². The molecule has 0 spiro atoms. The Morgan fingerprint density at radius 2 is 1.64 bits per heavy atom. The Bertz CT molecular complexity index is 390. The van der Waals surface area contributed by atoms with E-state index in [1.54, 1.807) is 7.11 Å². The summed E-state index contributed by atoms with van der Waals surface area (Å²) < 4.78 is 11.0. The molecule has 0 aromatic rings. The predicted molar refractivity (Wildman–Crippen MR) is 92.6 cm³/mol. The van der Waals surface area contributed by atoms with Gasteiger partial charge in [0, 0.05) is 13.5 Å². The molecule has 0 radical (unpaired) electrons. The summed E-state index contributed by atoms with van der Waals surface area (Å²) in [5, 5.41) is 0. The minimum absolute atomic E-state index is 0.0310. The fraction of sp³-hybridized carbons (Fsp3) is 0.842. The SMILES string of the molecule is C=C(C)C(C)(CC(C)(C)CC)C(=O)OC(CC(C)(C)C)OC. The van der Waals surface area contributed by atoms with Crippen LogP contribution in [0.1, 0.15) is 74.7 Å². The van der Waals surface area contributed by atoms with Gasteiger partial charge in [0.25, 0.3) is 0 Å². The highest BCUT2D eigenvalue weighted by molar-refractivity contribution is 5.80. The Labute approximate surface area is 137 Å². The van der Waals surface area contributed by atoms with E-state index in [1.807, 2.05) is 13.8 Å². The maximum atomic E-state index is 12.8. The summed E-state index contributed by atoms with van der Waals surface area (Å²) >= 11 is 0. The molecule has 0 heterocycles. The molecule has 0 fully saturated rings. The number of esters is 1. The lowest BCUT2D eigenvalue weighted by Gasteiger charge is -2.37. The Hall–Kier alpha value is -0.830. The topological polar surface area (TPSA) is 35.5 Å². The van der Waals surface area contributed by atoms with Gasteiger partial charge in [0.2, 0.25) is 6.29 Å². The van der Waals surface area contributed by atoms with E-state index in [-0.39, 0.29) is 16.8 Å². The summed E-state index contributed by atoms with van der Waals surface area (Å²) in [5.74, 6) is -0.238. The molecular formula is C19H36O3. The number of rotatable bonds is 8. The van der Waals surface area contributed by atoms with Crippen LogP contribution in [0.3, 0.4) is 0 Å². The molecule has 0 aliphatic heterocycles. The highest BCUT2D eigenvalue weighted by Gasteiger charge is 2.41. The Morgan fingerprint density at radius 1 is 1.14 bits per heavy atom. The van der Waals surface area contributed by atoms with Crippen LogP contribution in [-0.2, 0) is 14.3 Å². The highest BCUT2D eigenvalue weighted by Crippen LogP contribution is 2.42. The molecule has 0 N–H and O–H groups in total. The highest BCUT2D eigenvalue weighted by atomic mass is 16.7. The van der Waals surface area contributed by atoms with Crippen molar-refractivity contribution in [3.8, 4) is 0 Å². The van der Waals surface area contributed by atoms with Gasteiger partial charge < -0.3 is 9.47 Å². The van der Waals surface area contributed by atoms with Crippen molar-refractivity contribution in [1.29, 1.82) is 0 Å². The van der Waals surface area contributed by atoms with Crippen LogP contribution < -0.4 is 0 Å². The predicted octanol–water partition coefficient (Wildman–Crippen LogP) is 5.35. The van der Waals surface area contributed by atoms with Crippen molar-refractivity contribution in [2.45, 2.75) is 80.9 Å². The number of ether oxygens (including phenoxy) is 2. The number of methoxy groups -OCH3 is 1. The first kappa shape index (κ1) is 21.2. The van der Waals surface area contributed by atoms with E-state index >= 15 is 0 Å². The van der Waals surface area contributed by atoms with E-state index in [0.29, 0.717) is 6.42 Å². The standard InChI is InChI=1S/C19H36O3/c1-11-18(7,8)13-19(9,14(2)3)16(20)22-15(21-10)12-17(4,5)6/h15H,2,11-13H2,1,3-10H3. The molecule has 0 saturated carbocycles. The molecule has 2 atom stereocenters. The van der Waals surface area contributed by atoms with Gasteiger partial charge in [-0.15, -0.1) is 0 Å². The van der Waals surface area contributed by atoms with Crippen LogP contribution in [0.5, 0.6) is 0 Å². The molecule has 0 bridgehead atoms. The van der Waals surface area contributed by atoms with E-state index < -0.39 is 11.7 Å². The van der Waals surface area contributed by atoms with E-state index in [1.165, 1.54) is 0 Å². The summed E-state index contributed by atoms with van der Waals surface area (Å²) in [6.07, 6.45) is 1.87. The van der Waals surface area contributed by atoms with Crippen molar-refractivity contribution in [1.82, 2.24) is 0 Å². The van der Waals surface area contributed by atoms with Crippen molar-refractivity contribution in [2.24, 2.45) is 16.2 Å². The van der Waals surface area contributed by atoms with Crippen LogP contribution in [0.2, 0.25) is 0 Å². The third-order valence-electron chi connectivity index (χ3n) is 4.46. The summed E-state index contributed by atoms with van der Waals surface area (Å²) in [6.45, 7) is 20.7. The normalized spacial score (nSPS) is 16.8. The molecule has 3 heteroatoms. The zero-order valence-corrected chi connectivity index (χ0v) is 16.1. The van der Waals surface area contributed by atoms with Crippen LogP contribution in [0.15, 0.2) is 12.2 Å². The third kappa shape index (κ3) is 6.51. The maximum absolute atomic E-state index is 12.8. The molecule has 0 aliphatic carbocycles. The first-order valence-corrected chi connectivity index (χ1v) is 8.17. The van der Waals surface area contributed by atoms with Gasteiger partial charge in [-0.05, 0) is 31.1 Å². The summed E-state index contributed by atoms with van der Waals surface area (Å²) in [4.78, 5) is 12.8. The molecular weight excluding hydrogens is 276 g/mol. The Kier molecular flexibility index (Phi) is 7.34. The molecule has 2 unspecified atom stereocenters. The molecule has 0 aliphatic rings. The van der Waals surface area contributed by atoms with Crippen molar-refractivity contribution in [2.75, 3.05) is 7.11 Å². The average molecular weight is 312 g/mol. The van der Waals surface area contributed by atoms with Gasteiger partial charge in [-0.25, -0.2) is 0 Å². The monoisotopic (exact) mass is 312 g/mol. The van der Waals surface area contributed by atoms with Crippen LogP contribution in [0.4, 0.5) is 0 Å². The smallest absolute Gasteiger partial charge is 0.318 e. The van der Waals surface area contributed by atoms with Crippen molar-refractivity contribution < 1.29 is 14.3 Å². The fourth-order valence-corrected chi connectivity index (χ4v) is 2.40. The summed E-state index contributed by atoms with van der Waals surface area (Å²) in [7, 11) is 1.58. The largest absolute Gasteiger partial charge is 0.435 e. The molecule has 0 aromatic carbocycles. The van der Waals surface area contributed by atoms with Crippen LogP contribution in [0.25, 0.3) is 0 Å². The van der Waals surface area contributed by atoms with Crippen LogP contribution >= 0.6 is 0 Å². The second kappa shape index (κ2) is 7.63. The first-order chi connectivity index (χ1) is 9.77. The summed E-state index contributed by atoms with van der Waals surface area (Å²) in [5.41, 5.74) is 0.237. The van der Waals surface area contributed by atoms with Gasteiger partial charge >= 0.3 is 5.97 Å². The van der Waals surface area contributed by atoms with Crippen LogP contribution in [-0.4, -0.2) is 19.4 Å². The lowest BCUT2D eigenvalue weighted by molar-refractivity contribution is -0.188. The lowest BCUT2D eigenvalue weighted by atomic mass is 9.69. The van der Waals surface area contributed by atoms with Gasteiger partial charge in [-0.1, -0.05) is 60.1 Å². The zero-order chi connectivity index (χ0) is 17.8. The van der Waals surface area contributed by atoms with Gasteiger partial charge in [0.15, 0.2) is 0 Å². The Morgan fingerprint density at radius 3 is 1.95 bits per heavy atom. The second-order valence-electron chi connectivity index (χ2n) is 8.64. The van der Waals surface area contributed by atoms with Crippen molar-refractivity contribution in [3.63, 3.8) is 0 Å². The number of carbonyl (C=O) groups is 1. The quantitative estimate of drug-likeness (QED) is 0.344. The van der Waals surface area contributed by atoms with E-state index in [0.717, 1.165) is 18.4 Å². The fourth-order valence-electron chi connectivity index (χ4n) is 2.40. The van der Waals surface area contributed by atoms with Gasteiger partial charge in [0.05, 0.1) is 5.41 Å². The molecule has 0 amide bonds. The summed E-state index contributed by atoms with van der Waals surface area (Å²) in [6, 6.07) is 0. The minimum Gasteiger partial charge on any atom is -0.435 e. The van der Waals surface area contributed by atoms with Crippen molar-refractivity contribution in [3.05, 3.63) is 12.2 Å². The third-order valence-corrected chi connectivity index (χ3v) is 4.46. The Balaban J connectivity index is 5.19. The lowest BCUT2D eigenvalue weighted by Crippen LogP contribution is -2.38. The molecule has 0 aromatic heterocycles. The maximum Gasteiger partial charge on any atom is 0.318 e. The van der Waals surface area contributed by atoms with Crippen molar-refractivity contribution >= 4 is 5.97 Å². The molecule has 3 nitrogen and oxygen atoms in total. The minimum atomic E-state index is -0.686. The molecule has 0 rings (SSSR count). The van der Waals surface area contributed by atoms with Gasteiger partial charge in [-0.3, -0.25) is 4.79 Å². The number of hydrogen-bond acceptors (Lipinski definition) is 3. The molecule has 0 saturated heterocycles. The first-order valence-electron chi connectivity index (χ1n) is 8.17. The number of hydrogen-bond donors (Lipinski definition) is 0. The molecule has 22 heavy (non-hydrogen) atoms. The number of carbonyl (C=O) groups excluding carboxylic acids is 1. The van der Waals surface area contributed by atoms with Gasteiger partial charge in [-0.2, -0.15) is 0 Å². The van der Waals surface area contributed by atoms with E-state index in [4.69, 9.17) is 9.47 Å². The zero-order valence-electron chi connectivity index (χ0n) is 16.1. The average Bonchev–Trinajstić information content (AvgIpc) is 2.35. The molecule has 130 valence electrons. The van der Waals surface area contributed by atoms with E-state index in [2.05, 4.69) is 48.1 Å².